The van der Waals surface area contributed by atoms with E-state index in [1.165, 1.54) is 11.1 Å². The predicted molar refractivity (Wildman–Crippen MR) is 75.7 cm³/mol. The number of fused-ring (bicyclic) bond motifs is 3. The van der Waals surface area contributed by atoms with Gasteiger partial charge in [0.15, 0.2) is 5.78 Å². The minimum absolute atomic E-state index is 0.0202. The first-order chi connectivity index (χ1) is 8.89. The fourth-order valence-electron chi connectivity index (χ4n) is 4.70. The molecule has 0 amide bonds. The number of carbonyl (C=O) groups excluding carboxylic acids is 1. The van der Waals surface area contributed by atoms with Gasteiger partial charge in [0.25, 0.3) is 0 Å². The van der Waals surface area contributed by atoms with E-state index in [1.807, 2.05) is 6.92 Å². The average Bonchev–Trinajstić information content (AvgIpc) is 2.37. The van der Waals surface area contributed by atoms with E-state index >= 15 is 0 Å². The quantitative estimate of drug-likeness (QED) is 0.676. The molecule has 0 radical (unpaired) electrons. The first-order valence-corrected chi connectivity index (χ1v) is 7.52. The topological polar surface area (TPSA) is 37.3 Å². The van der Waals surface area contributed by atoms with Crippen molar-refractivity contribution in [1.82, 2.24) is 0 Å². The van der Waals surface area contributed by atoms with E-state index < -0.39 is 0 Å². The van der Waals surface area contributed by atoms with Crippen LogP contribution in [0.15, 0.2) is 22.8 Å². The van der Waals surface area contributed by atoms with E-state index in [0.717, 1.165) is 37.7 Å². The first kappa shape index (κ1) is 13.1. The van der Waals surface area contributed by atoms with E-state index in [2.05, 4.69) is 19.9 Å². The molecule has 3 aliphatic carbocycles. The Hall–Kier alpha value is -0.890. The molecule has 0 aromatic rings. The Morgan fingerprint density at radius 2 is 2.00 bits per heavy atom. The van der Waals surface area contributed by atoms with Crippen molar-refractivity contribution in [1.29, 1.82) is 0 Å². The second-order valence-corrected chi connectivity index (χ2v) is 6.99. The van der Waals surface area contributed by atoms with E-state index in [9.17, 15) is 9.90 Å². The molecule has 0 heterocycles. The summed E-state index contributed by atoms with van der Waals surface area (Å²) in [6, 6.07) is 0. The van der Waals surface area contributed by atoms with Crippen molar-refractivity contribution in [3.05, 3.63) is 22.8 Å². The van der Waals surface area contributed by atoms with Gasteiger partial charge in [-0.15, -0.1) is 0 Å². The highest BCUT2D eigenvalue weighted by molar-refractivity contribution is 5.97. The number of aliphatic hydroxyl groups excluding tert-OH is 1. The molecule has 3 rings (SSSR count). The highest BCUT2D eigenvalue weighted by Crippen LogP contribution is 2.60. The Labute approximate surface area is 115 Å². The number of carbonyl (C=O) groups is 1. The minimum Gasteiger partial charge on any atom is -0.392 e. The molecule has 0 aromatic heterocycles. The minimum atomic E-state index is -0.219. The van der Waals surface area contributed by atoms with E-state index in [4.69, 9.17) is 0 Å². The molecule has 0 bridgehead atoms. The molecule has 0 unspecified atom stereocenters. The molecular weight excluding hydrogens is 236 g/mol. The van der Waals surface area contributed by atoms with Crippen LogP contribution in [0.5, 0.6) is 0 Å². The van der Waals surface area contributed by atoms with Gasteiger partial charge in [-0.3, -0.25) is 4.79 Å². The Morgan fingerprint density at radius 1 is 1.26 bits per heavy atom. The summed E-state index contributed by atoms with van der Waals surface area (Å²) >= 11 is 0. The molecule has 0 saturated heterocycles. The maximum absolute atomic E-state index is 12.0. The fourth-order valence-corrected chi connectivity index (χ4v) is 4.70. The SMILES string of the molecule is CC1=C2CC[C@]3(C)C(=CCC[C@@H]3O)[C@@]2(C)CCC1=O. The van der Waals surface area contributed by atoms with Crippen LogP contribution in [0, 0.1) is 10.8 Å². The molecular formula is C17H24O2. The number of hydrogen-bond donors (Lipinski definition) is 1. The molecule has 1 fully saturated rings. The van der Waals surface area contributed by atoms with Gasteiger partial charge < -0.3 is 5.11 Å². The molecule has 2 nitrogen and oxygen atoms in total. The molecule has 3 aliphatic rings. The van der Waals surface area contributed by atoms with Crippen molar-refractivity contribution in [3.8, 4) is 0 Å². The van der Waals surface area contributed by atoms with Gasteiger partial charge in [-0.05, 0) is 44.6 Å². The smallest absolute Gasteiger partial charge is 0.158 e. The van der Waals surface area contributed by atoms with Crippen LogP contribution in [0.1, 0.15) is 59.3 Å². The Balaban J connectivity index is 2.15. The number of aliphatic hydroxyl groups is 1. The van der Waals surface area contributed by atoms with Crippen LogP contribution in [0.25, 0.3) is 0 Å². The Morgan fingerprint density at radius 3 is 2.74 bits per heavy atom. The molecule has 19 heavy (non-hydrogen) atoms. The predicted octanol–water partition coefficient (Wildman–Crippen LogP) is 3.55. The zero-order valence-corrected chi connectivity index (χ0v) is 12.3. The van der Waals surface area contributed by atoms with E-state index in [-0.39, 0.29) is 16.9 Å². The summed E-state index contributed by atoms with van der Waals surface area (Å²) in [5.41, 5.74) is 3.70. The molecule has 3 atom stereocenters. The third-order valence-corrected chi connectivity index (χ3v) is 6.02. The molecule has 104 valence electrons. The van der Waals surface area contributed by atoms with Gasteiger partial charge >= 0.3 is 0 Å². The molecule has 0 aliphatic heterocycles. The summed E-state index contributed by atoms with van der Waals surface area (Å²) < 4.78 is 0. The van der Waals surface area contributed by atoms with Gasteiger partial charge in [-0.25, -0.2) is 0 Å². The van der Waals surface area contributed by atoms with Crippen LogP contribution < -0.4 is 0 Å². The van der Waals surface area contributed by atoms with Crippen molar-refractivity contribution >= 4 is 5.78 Å². The number of ketones is 1. The van der Waals surface area contributed by atoms with Crippen LogP contribution in [0.4, 0.5) is 0 Å². The van der Waals surface area contributed by atoms with E-state index in [1.54, 1.807) is 0 Å². The van der Waals surface area contributed by atoms with Crippen molar-refractivity contribution in [2.24, 2.45) is 10.8 Å². The number of hydrogen-bond acceptors (Lipinski definition) is 2. The summed E-state index contributed by atoms with van der Waals surface area (Å²) in [6.45, 7) is 6.51. The number of allylic oxidation sites excluding steroid dienone is 3. The number of rotatable bonds is 0. The molecule has 0 spiro atoms. The van der Waals surface area contributed by atoms with Crippen LogP contribution in [-0.4, -0.2) is 17.0 Å². The third kappa shape index (κ3) is 1.62. The lowest BCUT2D eigenvalue weighted by atomic mass is 9.50. The third-order valence-electron chi connectivity index (χ3n) is 6.02. The standard InChI is InChI=1S/C17H24O2/c1-11-12-7-9-17(3)14(5-4-6-15(17)19)16(12,2)10-8-13(11)18/h5,15,19H,4,6-10H2,1-3H3/t15-,16-,17+/m0/s1. The van der Waals surface area contributed by atoms with Gasteiger partial charge in [-0.1, -0.05) is 31.1 Å². The lowest BCUT2D eigenvalue weighted by molar-refractivity contribution is -0.117. The van der Waals surface area contributed by atoms with Crippen LogP contribution in [0.3, 0.4) is 0 Å². The van der Waals surface area contributed by atoms with Gasteiger partial charge in [-0.2, -0.15) is 0 Å². The molecule has 0 aromatic carbocycles. The largest absolute Gasteiger partial charge is 0.392 e. The zero-order valence-electron chi connectivity index (χ0n) is 12.3. The van der Waals surface area contributed by atoms with Crippen molar-refractivity contribution in [2.45, 2.75) is 65.4 Å². The Bertz CT molecular complexity index is 499. The highest BCUT2D eigenvalue weighted by atomic mass is 16.3. The fraction of sp³-hybridized carbons (Fsp3) is 0.706. The van der Waals surface area contributed by atoms with Crippen LogP contribution in [0.2, 0.25) is 0 Å². The Kier molecular flexibility index (Phi) is 2.79. The van der Waals surface area contributed by atoms with Crippen molar-refractivity contribution in [3.63, 3.8) is 0 Å². The van der Waals surface area contributed by atoms with Gasteiger partial charge in [0.05, 0.1) is 6.10 Å². The summed E-state index contributed by atoms with van der Waals surface area (Å²) in [5, 5.41) is 10.5. The lowest BCUT2D eigenvalue weighted by Crippen LogP contribution is -2.48. The lowest BCUT2D eigenvalue weighted by Gasteiger charge is -2.54. The normalized spacial score (nSPS) is 42.6. The summed E-state index contributed by atoms with van der Waals surface area (Å²) in [4.78, 5) is 12.0. The van der Waals surface area contributed by atoms with Crippen molar-refractivity contribution < 1.29 is 9.90 Å². The molecule has 2 heteroatoms. The first-order valence-electron chi connectivity index (χ1n) is 7.52. The molecule has 1 saturated carbocycles. The van der Waals surface area contributed by atoms with Crippen LogP contribution in [-0.2, 0) is 4.79 Å². The zero-order chi connectivity index (χ0) is 13.8. The van der Waals surface area contributed by atoms with Gasteiger partial charge in [0.1, 0.15) is 0 Å². The van der Waals surface area contributed by atoms with Crippen molar-refractivity contribution in [2.75, 3.05) is 0 Å². The summed E-state index contributed by atoms with van der Waals surface area (Å²) in [5.74, 6) is 0.327. The number of Topliss-reactive ketones (excluding diaryl/α,β-unsaturated/α-hetero) is 1. The maximum Gasteiger partial charge on any atom is 0.158 e. The van der Waals surface area contributed by atoms with Gasteiger partial charge in [0.2, 0.25) is 0 Å². The summed E-state index contributed by atoms with van der Waals surface area (Å²) in [7, 11) is 0. The van der Waals surface area contributed by atoms with Gasteiger partial charge in [0, 0.05) is 17.3 Å². The van der Waals surface area contributed by atoms with E-state index in [0.29, 0.717) is 12.2 Å². The highest BCUT2D eigenvalue weighted by Gasteiger charge is 2.52. The maximum atomic E-state index is 12.0. The second-order valence-electron chi connectivity index (χ2n) is 6.99. The molecule has 1 N–H and O–H groups in total. The van der Waals surface area contributed by atoms with Crippen LogP contribution >= 0.6 is 0 Å². The average molecular weight is 260 g/mol. The summed E-state index contributed by atoms with van der Waals surface area (Å²) in [6.07, 6.45) is 7.53. The monoisotopic (exact) mass is 260 g/mol. The second kappa shape index (κ2) is 4.05.